The minimum Gasteiger partial charge on any atom is -0.396 e. The summed E-state index contributed by atoms with van der Waals surface area (Å²) in [5, 5.41) is 9.21. The molecule has 0 aromatic rings. The highest BCUT2D eigenvalue weighted by molar-refractivity contribution is 7.86. The summed E-state index contributed by atoms with van der Waals surface area (Å²) in [6.45, 7) is 3.55. The first-order valence-corrected chi connectivity index (χ1v) is 8.32. The topological polar surface area (TPSA) is 70.1 Å². The molecule has 2 rings (SSSR count). The normalized spacial score (nSPS) is 34.0. The first-order chi connectivity index (χ1) is 8.96. The van der Waals surface area contributed by atoms with Gasteiger partial charge in [0.05, 0.1) is 12.1 Å². The first-order valence-electron chi connectivity index (χ1n) is 6.92. The Morgan fingerprint density at radius 2 is 2.16 bits per heavy atom. The molecule has 0 bridgehead atoms. The van der Waals surface area contributed by atoms with E-state index in [-0.39, 0.29) is 24.7 Å². The maximum Gasteiger partial charge on any atom is 0.282 e. The fourth-order valence-electron chi connectivity index (χ4n) is 2.94. The molecule has 0 radical (unpaired) electrons. The van der Waals surface area contributed by atoms with Gasteiger partial charge >= 0.3 is 0 Å². The van der Waals surface area contributed by atoms with Crippen LogP contribution in [0.25, 0.3) is 0 Å². The van der Waals surface area contributed by atoms with E-state index in [4.69, 9.17) is 4.74 Å². The second-order valence-corrected chi connectivity index (χ2v) is 7.49. The fourth-order valence-corrected chi connectivity index (χ4v) is 4.68. The van der Waals surface area contributed by atoms with E-state index in [0.29, 0.717) is 19.7 Å². The zero-order chi connectivity index (χ0) is 14.0. The highest BCUT2D eigenvalue weighted by Crippen LogP contribution is 2.25. The van der Waals surface area contributed by atoms with Crippen LogP contribution in [0.4, 0.5) is 0 Å². The van der Waals surface area contributed by atoms with Gasteiger partial charge in [0.2, 0.25) is 0 Å². The van der Waals surface area contributed by atoms with Crippen LogP contribution >= 0.6 is 0 Å². The van der Waals surface area contributed by atoms with Gasteiger partial charge < -0.3 is 9.84 Å². The molecule has 0 aromatic carbocycles. The average molecular weight is 292 g/mol. The molecule has 3 atom stereocenters. The second kappa shape index (κ2) is 6.05. The van der Waals surface area contributed by atoms with E-state index in [1.807, 2.05) is 6.92 Å². The summed E-state index contributed by atoms with van der Waals surface area (Å²) >= 11 is 0. The zero-order valence-electron chi connectivity index (χ0n) is 11.7. The molecular weight excluding hydrogens is 268 g/mol. The predicted octanol–water partition coefficient (Wildman–Crippen LogP) is 0.0447. The molecule has 112 valence electrons. The van der Waals surface area contributed by atoms with Gasteiger partial charge in [-0.05, 0) is 32.1 Å². The maximum absolute atomic E-state index is 12.6. The molecular formula is C12H24N2O4S. The van der Waals surface area contributed by atoms with E-state index >= 15 is 0 Å². The van der Waals surface area contributed by atoms with Crippen molar-refractivity contribution in [2.24, 2.45) is 5.92 Å². The molecule has 1 N–H and O–H groups in total. The van der Waals surface area contributed by atoms with Crippen LogP contribution < -0.4 is 0 Å². The van der Waals surface area contributed by atoms with E-state index in [1.54, 1.807) is 7.05 Å². The van der Waals surface area contributed by atoms with E-state index in [9.17, 15) is 13.5 Å². The number of piperidine rings is 1. The van der Waals surface area contributed by atoms with Gasteiger partial charge in [-0.1, -0.05) is 0 Å². The number of hydrogen-bond donors (Lipinski definition) is 1. The first kappa shape index (κ1) is 15.2. The Morgan fingerprint density at radius 3 is 2.74 bits per heavy atom. The van der Waals surface area contributed by atoms with Gasteiger partial charge in [-0.15, -0.1) is 0 Å². The lowest BCUT2D eigenvalue weighted by Gasteiger charge is -2.36. The van der Waals surface area contributed by atoms with Crippen molar-refractivity contribution in [3.8, 4) is 0 Å². The highest BCUT2D eigenvalue weighted by Gasteiger charge is 2.39. The maximum atomic E-state index is 12.6. The van der Waals surface area contributed by atoms with Gasteiger partial charge in [-0.25, -0.2) is 0 Å². The Hall–Kier alpha value is -0.210. The highest BCUT2D eigenvalue weighted by atomic mass is 32.2. The van der Waals surface area contributed by atoms with Crippen LogP contribution in [0.15, 0.2) is 0 Å². The lowest BCUT2D eigenvalue weighted by atomic mass is 10.0. The summed E-state index contributed by atoms with van der Waals surface area (Å²) in [5.74, 6) is 0.0641. The third-order valence-electron chi connectivity index (χ3n) is 4.23. The molecule has 3 unspecified atom stereocenters. The summed E-state index contributed by atoms with van der Waals surface area (Å²) in [6.07, 6.45) is 2.40. The van der Waals surface area contributed by atoms with E-state index in [1.165, 1.54) is 8.61 Å². The van der Waals surface area contributed by atoms with Crippen molar-refractivity contribution in [3.05, 3.63) is 0 Å². The molecule has 0 saturated carbocycles. The third-order valence-corrected chi connectivity index (χ3v) is 6.22. The number of ether oxygens (including phenoxy) is 1. The molecule has 2 aliphatic heterocycles. The van der Waals surface area contributed by atoms with Crippen molar-refractivity contribution in [1.29, 1.82) is 0 Å². The van der Waals surface area contributed by atoms with Crippen LogP contribution in [-0.4, -0.2) is 67.6 Å². The quantitative estimate of drug-likeness (QED) is 0.794. The molecule has 2 aliphatic rings. The van der Waals surface area contributed by atoms with Crippen LogP contribution in [0, 0.1) is 5.92 Å². The molecule has 6 nitrogen and oxygen atoms in total. The lowest BCUT2D eigenvalue weighted by Crippen LogP contribution is -2.51. The smallest absolute Gasteiger partial charge is 0.282 e. The van der Waals surface area contributed by atoms with Gasteiger partial charge in [-0.2, -0.15) is 17.0 Å². The monoisotopic (exact) mass is 292 g/mol. The van der Waals surface area contributed by atoms with Crippen molar-refractivity contribution < 1.29 is 18.3 Å². The van der Waals surface area contributed by atoms with Crippen LogP contribution in [0.2, 0.25) is 0 Å². The van der Waals surface area contributed by atoms with Crippen LogP contribution in [0.1, 0.15) is 26.2 Å². The van der Waals surface area contributed by atoms with Crippen LogP contribution in [0.3, 0.4) is 0 Å². The zero-order valence-corrected chi connectivity index (χ0v) is 12.5. The number of aliphatic hydroxyl groups is 1. The SMILES string of the molecule is CC1OCCC1N(C)S(=O)(=O)N1CCCC(CO)C1. The largest absolute Gasteiger partial charge is 0.396 e. The summed E-state index contributed by atoms with van der Waals surface area (Å²) in [4.78, 5) is 0. The van der Waals surface area contributed by atoms with Crippen molar-refractivity contribution >= 4 is 10.2 Å². The van der Waals surface area contributed by atoms with Crippen molar-refractivity contribution in [2.75, 3.05) is 33.4 Å². The molecule has 2 saturated heterocycles. The Balaban J connectivity index is 2.08. The Morgan fingerprint density at radius 1 is 1.42 bits per heavy atom. The predicted molar refractivity (Wildman–Crippen MR) is 71.9 cm³/mol. The van der Waals surface area contributed by atoms with Crippen molar-refractivity contribution in [2.45, 2.75) is 38.3 Å². The van der Waals surface area contributed by atoms with Gasteiger partial charge in [0.1, 0.15) is 0 Å². The Bertz CT molecular complexity index is 401. The summed E-state index contributed by atoms with van der Waals surface area (Å²) < 4.78 is 33.6. The van der Waals surface area contributed by atoms with Gasteiger partial charge in [0.25, 0.3) is 10.2 Å². The van der Waals surface area contributed by atoms with E-state index < -0.39 is 10.2 Å². The van der Waals surface area contributed by atoms with Crippen molar-refractivity contribution in [3.63, 3.8) is 0 Å². The third kappa shape index (κ3) is 3.11. The molecule has 7 heteroatoms. The number of rotatable bonds is 4. The molecule has 0 aliphatic carbocycles. The minimum atomic E-state index is -3.45. The summed E-state index contributed by atoms with van der Waals surface area (Å²) in [6, 6.07) is -0.0838. The number of hydrogen-bond acceptors (Lipinski definition) is 4. The molecule has 2 heterocycles. The number of aliphatic hydroxyl groups excluding tert-OH is 1. The molecule has 19 heavy (non-hydrogen) atoms. The van der Waals surface area contributed by atoms with E-state index in [2.05, 4.69) is 0 Å². The number of nitrogens with zero attached hydrogens (tertiary/aromatic N) is 2. The Labute approximate surface area is 115 Å². The van der Waals surface area contributed by atoms with Gasteiger partial charge in [0, 0.05) is 33.4 Å². The van der Waals surface area contributed by atoms with Gasteiger partial charge in [0.15, 0.2) is 0 Å². The van der Waals surface area contributed by atoms with Crippen molar-refractivity contribution in [1.82, 2.24) is 8.61 Å². The molecule has 0 amide bonds. The second-order valence-electron chi connectivity index (χ2n) is 5.50. The summed E-state index contributed by atoms with van der Waals surface area (Å²) in [5.41, 5.74) is 0. The standard InChI is InChI=1S/C12H24N2O4S/c1-10-12(5-7-18-10)13(2)19(16,17)14-6-3-4-11(8-14)9-15/h10-12,15H,3-9H2,1-2H3. The number of likely N-dealkylation sites (N-methyl/N-ethyl adjacent to an activating group) is 1. The molecule has 0 spiro atoms. The van der Waals surface area contributed by atoms with E-state index in [0.717, 1.165) is 19.3 Å². The van der Waals surface area contributed by atoms with Gasteiger partial charge in [-0.3, -0.25) is 0 Å². The van der Waals surface area contributed by atoms with Crippen LogP contribution in [0.5, 0.6) is 0 Å². The fraction of sp³-hybridized carbons (Fsp3) is 1.00. The average Bonchev–Trinajstić information content (AvgIpc) is 2.84. The lowest BCUT2D eigenvalue weighted by molar-refractivity contribution is 0.0990. The summed E-state index contributed by atoms with van der Waals surface area (Å²) in [7, 11) is -1.81. The Kier molecular flexibility index (Phi) is 4.84. The molecule has 0 aromatic heterocycles. The van der Waals surface area contributed by atoms with Crippen LogP contribution in [-0.2, 0) is 14.9 Å². The molecule has 2 fully saturated rings. The minimum absolute atomic E-state index is 0.0542.